The van der Waals surface area contributed by atoms with E-state index in [4.69, 9.17) is 21.2 Å². The summed E-state index contributed by atoms with van der Waals surface area (Å²) in [6.07, 6.45) is -5.93. The molecule has 0 radical (unpaired) electrons. The van der Waals surface area contributed by atoms with E-state index < -0.39 is 25.3 Å². The first-order valence-electron chi connectivity index (χ1n) is 5.50. The van der Waals surface area contributed by atoms with Crippen LogP contribution >= 0.6 is 23.3 Å². The molecular formula is C5H7ClN2S. The molecule has 0 spiro atoms. The predicted molar refractivity (Wildman–Crippen MR) is 38.9 cm³/mol. The minimum Gasteiger partial charge on any atom is -0.176 e. The summed E-state index contributed by atoms with van der Waals surface area (Å²) < 4.78 is 57.8. The molecule has 50 valence electrons. The van der Waals surface area contributed by atoms with Crippen LogP contribution in [-0.4, -0.2) is 8.75 Å². The topological polar surface area (TPSA) is 25.8 Å². The lowest BCUT2D eigenvalue weighted by atomic mass is 10.3. The molecular weight excluding hydrogens is 156 g/mol. The molecule has 2 nitrogen and oxygen atoms in total. The summed E-state index contributed by atoms with van der Waals surface area (Å²) in [5, 5.41) is -0.317. The average molecular weight is 170 g/mol. The molecule has 0 aliphatic rings. The van der Waals surface area contributed by atoms with E-state index in [1.807, 2.05) is 0 Å². The van der Waals surface area contributed by atoms with Crippen LogP contribution in [0, 0.1) is 0 Å². The number of halogens is 1. The van der Waals surface area contributed by atoms with E-state index in [9.17, 15) is 0 Å². The normalized spacial score (nSPS) is 26.1. The Labute approximate surface area is 73.0 Å². The fraction of sp³-hybridized carbons (Fsp3) is 0.600. The first-order valence-corrected chi connectivity index (χ1v) is 3.11. The zero-order valence-electron chi connectivity index (χ0n) is 11.2. The molecule has 0 saturated heterocycles. The molecule has 1 heterocycles. The van der Waals surface area contributed by atoms with Gasteiger partial charge in [-0.3, -0.25) is 0 Å². The van der Waals surface area contributed by atoms with Gasteiger partial charge in [0.15, 0.2) is 5.15 Å². The van der Waals surface area contributed by atoms with Crippen molar-refractivity contribution in [2.75, 3.05) is 0 Å². The first kappa shape index (κ1) is 2.17. The Morgan fingerprint density at radius 1 is 1.89 bits per heavy atom. The maximum Gasteiger partial charge on any atom is 0.166 e. The fourth-order valence-electron chi connectivity index (χ4n) is 0.312. The second-order valence-corrected chi connectivity index (χ2v) is 2.04. The van der Waals surface area contributed by atoms with E-state index in [-0.39, 0.29) is 5.15 Å². The Morgan fingerprint density at radius 2 is 2.78 bits per heavy atom. The lowest BCUT2D eigenvalue weighted by Gasteiger charge is -1.86. The van der Waals surface area contributed by atoms with Crippen LogP contribution in [0.1, 0.15) is 28.5 Å². The standard InChI is InChI=1S/C5H7ClN2S/c1-2-3-4-5(6)8-9-7-4/h2-3H2,1H3/i1D3,2D2,3D2. The van der Waals surface area contributed by atoms with Crippen LogP contribution < -0.4 is 0 Å². The van der Waals surface area contributed by atoms with Crippen molar-refractivity contribution in [2.45, 2.75) is 19.6 Å². The highest BCUT2D eigenvalue weighted by molar-refractivity contribution is 6.99. The van der Waals surface area contributed by atoms with Gasteiger partial charge >= 0.3 is 0 Å². The van der Waals surface area contributed by atoms with Crippen molar-refractivity contribution in [1.29, 1.82) is 0 Å². The third kappa shape index (κ3) is 1.63. The van der Waals surface area contributed by atoms with E-state index in [1.165, 1.54) is 0 Å². The Bertz CT molecular complexity index is 386. The van der Waals surface area contributed by atoms with Gasteiger partial charge in [0.05, 0.1) is 17.4 Å². The molecule has 0 N–H and O–H groups in total. The smallest absolute Gasteiger partial charge is 0.166 e. The Hall–Kier alpha value is -0.150. The summed E-state index contributed by atoms with van der Waals surface area (Å²) in [5.74, 6) is 0. The van der Waals surface area contributed by atoms with Gasteiger partial charge in [-0.1, -0.05) is 24.8 Å². The zero-order chi connectivity index (χ0) is 12.8. The summed E-state index contributed by atoms with van der Waals surface area (Å²) in [7, 11) is 0. The Kier molecular flexibility index (Phi) is 0.755. The van der Waals surface area contributed by atoms with Crippen molar-refractivity contribution in [3.63, 3.8) is 0 Å². The quantitative estimate of drug-likeness (QED) is 0.678. The largest absolute Gasteiger partial charge is 0.176 e. The molecule has 0 bridgehead atoms. The highest BCUT2D eigenvalue weighted by Crippen LogP contribution is 2.13. The zero-order valence-corrected chi connectivity index (χ0v) is 5.75. The molecule has 0 unspecified atom stereocenters. The van der Waals surface area contributed by atoms with Crippen LogP contribution in [0.4, 0.5) is 0 Å². The SMILES string of the molecule is [2H]C([2H])([2H])C([2H])([2H])C([2H])([2H])c1nsnc1Cl. The van der Waals surface area contributed by atoms with Gasteiger partial charge in [0, 0.05) is 9.60 Å². The summed E-state index contributed by atoms with van der Waals surface area (Å²) in [5.41, 5.74) is -0.486. The molecule has 1 aromatic rings. The highest BCUT2D eigenvalue weighted by atomic mass is 35.5. The molecule has 1 aromatic heterocycles. The third-order valence-electron chi connectivity index (χ3n) is 0.629. The van der Waals surface area contributed by atoms with Gasteiger partial charge in [-0.25, -0.2) is 0 Å². The van der Waals surface area contributed by atoms with Crippen molar-refractivity contribution in [1.82, 2.24) is 8.75 Å². The second kappa shape index (κ2) is 3.13. The number of rotatable bonds is 2. The Balaban J connectivity index is 3.27. The van der Waals surface area contributed by atoms with Crippen LogP contribution in [0.2, 0.25) is 5.15 Å². The van der Waals surface area contributed by atoms with E-state index in [0.29, 0.717) is 11.7 Å². The van der Waals surface area contributed by atoms with Gasteiger partial charge in [-0.2, -0.15) is 8.75 Å². The van der Waals surface area contributed by atoms with Crippen molar-refractivity contribution in [3.05, 3.63) is 10.8 Å². The van der Waals surface area contributed by atoms with Crippen LogP contribution in [-0.2, 0) is 6.37 Å². The molecule has 0 amide bonds. The minimum atomic E-state index is -3.12. The van der Waals surface area contributed by atoms with E-state index >= 15 is 0 Å². The number of aromatic nitrogens is 2. The van der Waals surface area contributed by atoms with Crippen molar-refractivity contribution in [3.8, 4) is 0 Å². The van der Waals surface area contributed by atoms with Crippen LogP contribution in [0.3, 0.4) is 0 Å². The maximum absolute atomic E-state index is 7.53. The third-order valence-corrected chi connectivity index (χ3v) is 1.52. The first-order chi connectivity index (χ1) is 7.02. The molecule has 1 rings (SSSR count). The molecule has 0 fully saturated rings. The van der Waals surface area contributed by atoms with E-state index in [2.05, 4.69) is 8.75 Å². The number of aryl methyl sites for hydroxylation is 1. The lowest BCUT2D eigenvalue weighted by molar-refractivity contribution is 0.898. The van der Waals surface area contributed by atoms with Gasteiger partial charge in [0.1, 0.15) is 0 Å². The number of nitrogens with zero attached hydrogens (tertiary/aromatic N) is 2. The summed E-state index contributed by atoms with van der Waals surface area (Å²) >= 11 is 6.12. The van der Waals surface area contributed by atoms with Gasteiger partial charge < -0.3 is 0 Å². The van der Waals surface area contributed by atoms with Crippen LogP contribution in [0.25, 0.3) is 0 Å². The van der Waals surface area contributed by atoms with Crippen molar-refractivity contribution < 1.29 is 9.60 Å². The van der Waals surface area contributed by atoms with Gasteiger partial charge in [-0.05, 0) is 6.37 Å². The Morgan fingerprint density at radius 3 is 3.33 bits per heavy atom. The monoisotopic (exact) mass is 169 g/mol. The van der Waals surface area contributed by atoms with Gasteiger partial charge in [-0.15, -0.1) is 0 Å². The predicted octanol–water partition coefficient (Wildman–Crippen LogP) is 2.14. The number of hydrogen-bond donors (Lipinski definition) is 0. The number of hydrogen-bond acceptors (Lipinski definition) is 3. The van der Waals surface area contributed by atoms with E-state index in [0.717, 1.165) is 0 Å². The summed E-state index contributed by atoms with van der Waals surface area (Å²) in [6.45, 7) is -3.12. The van der Waals surface area contributed by atoms with Crippen LogP contribution in [0.5, 0.6) is 0 Å². The minimum absolute atomic E-state index is 0.317. The van der Waals surface area contributed by atoms with Crippen molar-refractivity contribution in [2.24, 2.45) is 0 Å². The molecule has 0 aromatic carbocycles. The second-order valence-electron chi connectivity index (χ2n) is 1.15. The maximum atomic E-state index is 7.53. The molecule has 0 aliphatic carbocycles. The van der Waals surface area contributed by atoms with E-state index in [1.54, 1.807) is 0 Å². The molecule has 0 atom stereocenters. The molecule has 9 heavy (non-hydrogen) atoms. The summed E-state index contributed by atoms with van der Waals surface area (Å²) in [6, 6.07) is 0. The van der Waals surface area contributed by atoms with Gasteiger partial charge in [0.25, 0.3) is 0 Å². The summed E-state index contributed by atoms with van der Waals surface area (Å²) in [4.78, 5) is 0. The molecule has 4 heteroatoms. The molecule has 0 saturated carbocycles. The van der Waals surface area contributed by atoms with Crippen molar-refractivity contribution >= 4 is 23.3 Å². The molecule has 0 aliphatic heterocycles. The lowest BCUT2D eigenvalue weighted by Crippen LogP contribution is -1.81. The van der Waals surface area contributed by atoms with Gasteiger partial charge in [0.2, 0.25) is 0 Å². The van der Waals surface area contributed by atoms with Crippen LogP contribution in [0.15, 0.2) is 0 Å². The average Bonchev–Trinajstić information content (AvgIpc) is 2.49. The fourth-order valence-corrected chi connectivity index (χ4v) is 0.957. The highest BCUT2D eigenvalue weighted by Gasteiger charge is 2.01.